The minimum Gasteiger partial charge on any atom is -0.373 e. The summed E-state index contributed by atoms with van der Waals surface area (Å²) in [6.07, 6.45) is 33.7. The van der Waals surface area contributed by atoms with Gasteiger partial charge in [0.2, 0.25) is 0 Å². The Morgan fingerprint density at radius 3 is 1.32 bits per heavy atom. The van der Waals surface area contributed by atoms with Gasteiger partial charge in [0.15, 0.2) is 0 Å². The zero-order valence-corrected chi connectivity index (χ0v) is 19.0. The molecule has 0 atom stereocenters. The molecule has 0 N–H and O–H groups in total. The third kappa shape index (κ3) is 17.5. The van der Waals surface area contributed by atoms with E-state index in [1.807, 2.05) is 64.2 Å². The average molecular weight is 414 g/mol. The predicted octanol–water partition coefficient (Wildman–Crippen LogP) is 6.91. The fourth-order valence-electron chi connectivity index (χ4n) is 2.17. The molecule has 2 rings (SSSR count). The molecule has 0 heterocycles. The third-order valence-electron chi connectivity index (χ3n) is 3.31. The first-order valence-corrected chi connectivity index (χ1v) is 9.33. The van der Waals surface area contributed by atoms with Gasteiger partial charge in [-0.25, -0.2) is 0 Å². The van der Waals surface area contributed by atoms with Crippen LogP contribution in [0.3, 0.4) is 0 Å². The molecular formula is C24H34Zr+2. The van der Waals surface area contributed by atoms with E-state index in [0.717, 1.165) is 25.7 Å². The van der Waals surface area contributed by atoms with E-state index in [1.54, 1.807) is 0 Å². The maximum atomic E-state index is 3.52. The van der Waals surface area contributed by atoms with Crippen LogP contribution >= 0.6 is 0 Å². The Balaban J connectivity index is 0. The minimum atomic E-state index is 0. The molecule has 0 nitrogen and oxygen atoms in total. The molecule has 10 radical (unpaired) electrons. The van der Waals surface area contributed by atoms with Crippen LogP contribution in [0.4, 0.5) is 0 Å². The number of rotatable bonds is 7. The molecule has 0 aromatic rings. The molecular weight excluding hydrogens is 379 g/mol. The first-order chi connectivity index (χ1) is 11.8. The zero-order valence-electron chi connectivity index (χ0n) is 16.5. The van der Waals surface area contributed by atoms with Crippen molar-refractivity contribution >= 4 is 0 Å². The number of hydrogen-bond donors (Lipinski definition) is 0. The van der Waals surface area contributed by atoms with Gasteiger partial charge < -0.3 is 23.3 Å². The van der Waals surface area contributed by atoms with Gasteiger partial charge in [0.1, 0.15) is 0 Å². The Bertz CT molecular complexity index is 281. The molecule has 0 aromatic heterocycles. The van der Waals surface area contributed by atoms with Crippen molar-refractivity contribution in [1.29, 1.82) is 0 Å². The smallest absolute Gasteiger partial charge is 0.373 e. The van der Waals surface area contributed by atoms with E-state index in [1.165, 1.54) is 24.0 Å². The summed E-state index contributed by atoms with van der Waals surface area (Å²) < 4.78 is 0. The summed E-state index contributed by atoms with van der Waals surface area (Å²) in [6.45, 7) is 8.79. The second-order valence-electron chi connectivity index (χ2n) is 5.44. The van der Waals surface area contributed by atoms with Crippen molar-refractivity contribution in [2.45, 2.75) is 66.2 Å². The molecule has 0 spiro atoms. The topological polar surface area (TPSA) is 0 Å². The summed E-state index contributed by atoms with van der Waals surface area (Å²) in [7, 11) is 0. The van der Waals surface area contributed by atoms with Gasteiger partial charge in [0, 0.05) is 0 Å². The first kappa shape index (κ1) is 27.6. The summed E-state index contributed by atoms with van der Waals surface area (Å²) >= 11 is 0. The minimum absolute atomic E-state index is 0. The summed E-state index contributed by atoms with van der Waals surface area (Å²) in [5, 5.41) is 0. The van der Waals surface area contributed by atoms with Crippen molar-refractivity contribution in [1.82, 2.24) is 0 Å². The van der Waals surface area contributed by atoms with Gasteiger partial charge in [0.05, 0.1) is 0 Å². The molecule has 2 aliphatic carbocycles. The summed E-state index contributed by atoms with van der Waals surface area (Å²) in [5.74, 6) is 0. The standard InChI is InChI=1S/C14H24.2C5H5.Zr/c1-5-9-12-14(11-7-3)13(8-4)10-6-2;2*1-2-4-5-3-1;/h5-9,11H2,1-4H3;2*1-5H;/q-2;;;+4. The molecule has 0 saturated heterocycles. The first-order valence-electron chi connectivity index (χ1n) is 9.33. The van der Waals surface area contributed by atoms with E-state index in [4.69, 9.17) is 0 Å². The maximum Gasteiger partial charge on any atom is 4.00 e. The van der Waals surface area contributed by atoms with Crippen molar-refractivity contribution in [3.63, 3.8) is 0 Å². The largest absolute Gasteiger partial charge is 4.00 e. The second-order valence-corrected chi connectivity index (χ2v) is 5.44. The molecule has 0 aromatic carbocycles. The van der Waals surface area contributed by atoms with Crippen LogP contribution < -0.4 is 0 Å². The van der Waals surface area contributed by atoms with Crippen molar-refractivity contribution < 1.29 is 26.2 Å². The molecule has 0 bridgehead atoms. The zero-order chi connectivity index (χ0) is 17.9. The average Bonchev–Trinajstić information content (AvgIpc) is 3.34. The van der Waals surface area contributed by atoms with Gasteiger partial charge in [-0.15, -0.1) is 25.7 Å². The van der Waals surface area contributed by atoms with E-state index >= 15 is 0 Å². The van der Waals surface area contributed by atoms with E-state index in [2.05, 4.69) is 39.8 Å². The van der Waals surface area contributed by atoms with E-state index in [9.17, 15) is 0 Å². The molecule has 2 aliphatic rings. The van der Waals surface area contributed by atoms with E-state index < -0.39 is 0 Å². The third-order valence-corrected chi connectivity index (χ3v) is 3.31. The Morgan fingerprint density at radius 2 is 1.04 bits per heavy atom. The van der Waals surface area contributed by atoms with Crippen LogP contribution in [-0.4, -0.2) is 0 Å². The Labute approximate surface area is 179 Å². The normalized spacial score (nSPS) is 17.1. The van der Waals surface area contributed by atoms with Crippen LogP contribution in [0.1, 0.15) is 66.2 Å². The number of hydrogen-bond acceptors (Lipinski definition) is 0. The van der Waals surface area contributed by atoms with E-state index in [0.29, 0.717) is 0 Å². The van der Waals surface area contributed by atoms with Gasteiger partial charge >= 0.3 is 26.2 Å². The van der Waals surface area contributed by atoms with Crippen LogP contribution in [0.25, 0.3) is 0 Å². The Kier molecular flexibility index (Phi) is 24.7. The van der Waals surface area contributed by atoms with Crippen molar-refractivity contribution in [3.8, 4) is 0 Å². The SMILES string of the molecule is CC[C-]=C(CC)C(=[C-]CCC)CCC.[CH]1[CH][CH][CH][CH]1.[CH]1[CH][CH][CH][CH]1.[Zr+4]. The fraction of sp³-hybridized carbons (Fsp3) is 0.417. The Morgan fingerprint density at radius 1 is 0.600 bits per heavy atom. The molecule has 2 fully saturated rings. The van der Waals surface area contributed by atoms with Crippen LogP contribution in [0.2, 0.25) is 0 Å². The van der Waals surface area contributed by atoms with Crippen LogP contribution in [0.15, 0.2) is 11.1 Å². The van der Waals surface area contributed by atoms with Gasteiger partial charge in [-0.1, -0.05) is 40.5 Å². The van der Waals surface area contributed by atoms with Gasteiger partial charge in [0.25, 0.3) is 0 Å². The maximum absolute atomic E-state index is 3.52. The fourth-order valence-corrected chi connectivity index (χ4v) is 2.17. The van der Waals surface area contributed by atoms with E-state index in [-0.39, 0.29) is 26.2 Å². The molecule has 0 aliphatic heterocycles. The van der Waals surface area contributed by atoms with Crippen molar-refractivity contribution in [2.24, 2.45) is 0 Å². The molecule has 2 saturated carbocycles. The summed E-state index contributed by atoms with van der Waals surface area (Å²) in [6, 6.07) is 0. The molecule has 1 heteroatoms. The molecule has 132 valence electrons. The predicted molar refractivity (Wildman–Crippen MR) is 107 cm³/mol. The van der Waals surface area contributed by atoms with Crippen LogP contribution in [0, 0.1) is 76.4 Å². The van der Waals surface area contributed by atoms with Gasteiger partial charge in [-0.05, 0) is 64.2 Å². The van der Waals surface area contributed by atoms with Crippen LogP contribution in [0.5, 0.6) is 0 Å². The van der Waals surface area contributed by atoms with Gasteiger partial charge in [-0.3, -0.25) is 0 Å². The number of allylic oxidation sites excluding steroid dienone is 4. The summed E-state index contributed by atoms with van der Waals surface area (Å²) in [5.41, 5.74) is 2.81. The Hall–Kier alpha value is 0.363. The molecule has 25 heavy (non-hydrogen) atoms. The monoisotopic (exact) mass is 412 g/mol. The van der Waals surface area contributed by atoms with Gasteiger partial charge in [-0.2, -0.15) is 0 Å². The van der Waals surface area contributed by atoms with Crippen molar-refractivity contribution in [2.75, 3.05) is 0 Å². The quantitative estimate of drug-likeness (QED) is 0.314. The summed E-state index contributed by atoms with van der Waals surface area (Å²) in [4.78, 5) is 0. The molecule has 0 amide bonds. The second kappa shape index (κ2) is 22.4. The molecule has 0 unspecified atom stereocenters. The van der Waals surface area contributed by atoms with Crippen molar-refractivity contribution in [3.05, 3.63) is 87.5 Å². The number of unbranched alkanes of at least 4 members (excludes halogenated alkanes) is 1. The van der Waals surface area contributed by atoms with Crippen LogP contribution in [-0.2, 0) is 26.2 Å².